The van der Waals surface area contributed by atoms with Crippen molar-refractivity contribution in [3.63, 3.8) is 0 Å². The minimum absolute atomic E-state index is 0.116. The number of piperidine rings is 1. The van der Waals surface area contributed by atoms with E-state index in [1.54, 1.807) is 0 Å². The number of hydrogen-bond acceptors (Lipinski definition) is 2. The number of aromatic nitrogens is 1. The van der Waals surface area contributed by atoms with Crippen molar-refractivity contribution in [2.24, 2.45) is 0 Å². The van der Waals surface area contributed by atoms with Gasteiger partial charge in [-0.15, -0.1) is 0 Å². The molecule has 0 radical (unpaired) electrons. The molecule has 1 N–H and O–H groups in total. The van der Waals surface area contributed by atoms with Crippen LogP contribution in [0.5, 0.6) is 5.75 Å². The van der Waals surface area contributed by atoms with Crippen LogP contribution in [-0.2, 0) is 6.61 Å². The van der Waals surface area contributed by atoms with Crippen LogP contribution < -0.4 is 4.74 Å². The molecule has 1 aliphatic heterocycles. The molecule has 1 saturated heterocycles. The zero-order valence-corrected chi connectivity index (χ0v) is 17.5. The van der Waals surface area contributed by atoms with Crippen molar-refractivity contribution < 1.29 is 9.53 Å². The number of nitrogens with one attached hydrogen (secondary N) is 1. The molecule has 4 aromatic rings. The number of fused-ring (bicyclic) bond motifs is 1. The molecule has 156 valence electrons. The molecule has 5 rings (SSSR count). The fourth-order valence-electron chi connectivity index (χ4n) is 4.32. The van der Waals surface area contributed by atoms with Crippen LogP contribution in [-0.4, -0.2) is 28.9 Å². The predicted molar refractivity (Wildman–Crippen MR) is 123 cm³/mol. The van der Waals surface area contributed by atoms with Gasteiger partial charge in [-0.25, -0.2) is 0 Å². The van der Waals surface area contributed by atoms with Crippen LogP contribution in [0.25, 0.3) is 10.9 Å². The van der Waals surface area contributed by atoms with E-state index in [4.69, 9.17) is 4.74 Å². The Bertz CT molecular complexity index is 1120. The quantitative estimate of drug-likeness (QED) is 0.454. The molecule has 0 saturated carbocycles. The molecule has 0 atom stereocenters. The van der Waals surface area contributed by atoms with Gasteiger partial charge < -0.3 is 14.6 Å². The third-order valence-electron chi connectivity index (χ3n) is 6.12. The van der Waals surface area contributed by atoms with Gasteiger partial charge in [0.15, 0.2) is 0 Å². The second-order valence-electron chi connectivity index (χ2n) is 8.18. The first-order valence-corrected chi connectivity index (χ1v) is 10.9. The van der Waals surface area contributed by atoms with E-state index in [0.29, 0.717) is 12.5 Å². The van der Waals surface area contributed by atoms with Gasteiger partial charge in [-0.3, -0.25) is 4.79 Å². The second-order valence-corrected chi connectivity index (χ2v) is 8.18. The molecule has 1 fully saturated rings. The Labute approximate surface area is 182 Å². The summed E-state index contributed by atoms with van der Waals surface area (Å²) in [4.78, 5) is 18.5. The summed E-state index contributed by atoms with van der Waals surface area (Å²) in [5, 5.41) is 1.26. The number of likely N-dealkylation sites (tertiary alicyclic amines) is 1. The normalized spacial score (nSPS) is 14.6. The van der Waals surface area contributed by atoms with Gasteiger partial charge in [0, 0.05) is 35.8 Å². The second kappa shape index (κ2) is 8.68. The zero-order valence-electron chi connectivity index (χ0n) is 17.5. The zero-order chi connectivity index (χ0) is 21.0. The molecule has 0 bridgehead atoms. The summed E-state index contributed by atoms with van der Waals surface area (Å²) >= 11 is 0. The van der Waals surface area contributed by atoms with Crippen LogP contribution in [0.2, 0.25) is 0 Å². The van der Waals surface area contributed by atoms with E-state index < -0.39 is 0 Å². The summed E-state index contributed by atoms with van der Waals surface area (Å²) in [5.41, 5.74) is 4.27. The van der Waals surface area contributed by atoms with E-state index in [-0.39, 0.29) is 5.91 Å². The third kappa shape index (κ3) is 4.33. The van der Waals surface area contributed by atoms with Crippen LogP contribution in [0, 0.1) is 0 Å². The SMILES string of the molecule is O=C(c1ccc(COc2ccccc2)cc1)N1CCC(c2cc3ccccc3[nH]2)CC1. The topological polar surface area (TPSA) is 45.3 Å². The Morgan fingerprint density at radius 2 is 1.61 bits per heavy atom. The largest absolute Gasteiger partial charge is 0.489 e. The number of carbonyl (C=O) groups excluding carboxylic acids is 1. The highest BCUT2D eigenvalue weighted by atomic mass is 16.5. The number of hydrogen-bond donors (Lipinski definition) is 1. The van der Waals surface area contributed by atoms with Crippen LogP contribution >= 0.6 is 0 Å². The Balaban J connectivity index is 1.17. The summed E-state index contributed by atoms with van der Waals surface area (Å²) < 4.78 is 5.79. The highest BCUT2D eigenvalue weighted by molar-refractivity contribution is 5.94. The molecule has 1 amide bonds. The molecule has 0 spiro atoms. The molecular weight excluding hydrogens is 384 g/mol. The summed E-state index contributed by atoms with van der Waals surface area (Å²) in [6.45, 7) is 2.07. The maximum absolute atomic E-state index is 13.0. The number of H-pyrrole nitrogens is 1. The van der Waals surface area contributed by atoms with Crippen molar-refractivity contribution in [1.82, 2.24) is 9.88 Å². The van der Waals surface area contributed by atoms with Gasteiger partial charge in [0.1, 0.15) is 12.4 Å². The van der Waals surface area contributed by atoms with E-state index in [2.05, 4.69) is 35.3 Å². The fourth-order valence-corrected chi connectivity index (χ4v) is 4.32. The highest BCUT2D eigenvalue weighted by Crippen LogP contribution is 2.30. The van der Waals surface area contributed by atoms with Gasteiger partial charge in [0.2, 0.25) is 0 Å². The van der Waals surface area contributed by atoms with Gasteiger partial charge >= 0.3 is 0 Å². The average Bonchev–Trinajstić information content (AvgIpc) is 3.28. The number of ether oxygens (including phenoxy) is 1. The summed E-state index contributed by atoms with van der Waals surface area (Å²) in [5.74, 6) is 1.44. The van der Waals surface area contributed by atoms with Crippen LogP contribution in [0.4, 0.5) is 0 Å². The molecule has 1 aromatic heterocycles. The highest BCUT2D eigenvalue weighted by Gasteiger charge is 2.25. The minimum atomic E-state index is 0.116. The predicted octanol–water partition coefficient (Wildman–Crippen LogP) is 5.77. The smallest absolute Gasteiger partial charge is 0.253 e. The lowest BCUT2D eigenvalue weighted by Gasteiger charge is -2.31. The lowest BCUT2D eigenvalue weighted by Crippen LogP contribution is -2.38. The first-order valence-electron chi connectivity index (χ1n) is 10.9. The average molecular weight is 411 g/mol. The molecule has 31 heavy (non-hydrogen) atoms. The first kappa shape index (κ1) is 19.4. The van der Waals surface area contributed by atoms with Crippen molar-refractivity contribution in [2.45, 2.75) is 25.4 Å². The maximum atomic E-state index is 13.0. The Morgan fingerprint density at radius 3 is 2.35 bits per heavy atom. The molecule has 4 heteroatoms. The standard InChI is InChI=1S/C27H26N2O2/c30-27(22-12-10-20(11-13-22)19-31-24-7-2-1-3-8-24)29-16-14-21(15-17-29)26-18-23-6-4-5-9-25(23)28-26/h1-13,18,21,28H,14-17,19H2. The Kier molecular flexibility index (Phi) is 5.44. The van der Waals surface area contributed by atoms with E-state index in [1.165, 1.54) is 16.6 Å². The monoisotopic (exact) mass is 410 g/mol. The Hall–Kier alpha value is -3.53. The van der Waals surface area contributed by atoms with Crippen LogP contribution in [0.3, 0.4) is 0 Å². The van der Waals surface area contributed by atoms with Crippen molar-refractivity contribution in [3.8, 4) is 5.75 Å². The van der Waals surface area contributed by atoms with Crippen molar-refractivity contribution >= 4 is 16.8 Å². The number of carbonyl (C=O) groups is 1. The third-order valence-corrected chi connectivity index (χ3v) is 6.12. The molecule has 0 aliphatic carbocycles. The minimum Gasteiger partial charge on any atom is -0.489 e. The number of aromatic amines is 1. The first-order chi connectivity index (χ1) is 15.3. The lowest BCUT2D eigenvalue weighted by atomic mass is 9.93. The van der Waals surface area contributed by atoms with E-state index in [9.17, 15) is 4.79 Å². The Morgan fingerprint density at radius 1 is 0.903 bits per heavy atom. The molecule has 4 nitrogen and oxygen atoms in total. The van der Waals surface area contributed by atoms with Crippen molar-refractivity contribution in [1.29, 1.82) is 0 Å². The fraction of sp³-hybridized carbons (Fsp3) is 0.222. The molecular formula is C27H26N2O2. The van der Waals surface area contributed by atoms with Gasteiger partial charge in [0.25, 0.3) is 5.91 Å². The van der Waals surface area contributed by atoms with E-state index >= 15 is 0 Å². The van der Waals surface area contributed by atoms with E-state index in [1.807, 2.05) is 59.5 Å². The van der Waals surface area contributed by atoms with Gasteiger partial charge in [-0.05, 0) is 60.2 Å². The number of amides is 1. The summed E-state index contributed by atoms with van der Waals surface area (Å²) in [7, 11) is 0. The maximum Gasteiger partial charge on any atom is 0.253 e. The number of rotatable bonds is 5. The van der Waals surface area contributed by atoms with Gasteiger partial charge in [-0.1, -0.05) is 48.5 Å². The van der Waals surface area contributed by atoms with Crippen LogP contribution in [0.1, 0.15) is 40.4 Å². The van der Waals surface area contributed by atoms with Crippen molar-refractivity contribution in [3.05, 3.63) is 102 Å². The number of benzene rings is 3. The lowest BCUT2D eigenvalue weighted by molar-refractivity contribution is 0.0712. The summed E-state index contributed by atoms with van der Waals surface area (Å²) in [6.07, 6.45) is 1.98. The molecule has 3 aromatic carbocycles. The summed E-state index contributed by atoms with van der Waals surface area (Å²) in [6, 6.07) is 28.2. The van der Waals surface area contributed by atoms with Crippen molar-refractivity contribution in [2.75, 3.05) is 13.1 Å². The molecule has 2 heterocycles. The van der Waals surface area contributed by atoms with Gasteiger partial charge in [0.05, 0.1) is 0 Å². The number of nitrogens with zero attached hydrogens (tertiary/aromatic N) is 1. The van der Waals surface area contributed by atoms with Gasteiger partial charge in [-0.2, -0.15) is 0 Å². The number of para-hydroxylation sites is 2. The molecule has 1 aliphatic rings. The molecule has 0 unspecified atom stereocenters. The van der Waals surface area contributed by atoms with Crippen LogP contribution in [0.15, 0.2) is 84.9 Å². The van der Waals surface area contributed by atoms with E-state index in [0.717, 1.165) is 42.8 Å².